The fraction of sp³-hybridized carbons (Fsp3) is 0.429. The van der Waals surface area contributed by atoms with Crippen molar-refractivity contribution in [1.29, 1.82) is 0 Å². The van der Waals surface area contributed by atoms with Crippen LogP contribution in [0.1, 0.15) is 31.5 Å². The molecule has 5 nitrogen and oxygen atoms in total. The molecule has 0 spiro atoms. The van der Waals surface area contributed by atoms with Gasteiger partial charge in [0.05, 0.1) is 23.7 Å². The van der Waals surface area contributed by atoms with Crippen molar-refractivity contribution in [1.82, 2.24) is 15.0 Å². The summed E-state index contributed by atoms with van der Waals surface area (Å²) in [6.07, 6.45) is 3.70. The molecule has 0 aliphatic rings. The van der Waals surface area contributed by atoms with E-state index in [9.17, 15) is 0 Å². The molecule has 0 bridgehead atoms. The summed E-state index contributed by atoms with van der Waals surface area (Å²) in [6, 6.07) is 9.80. The van der Waals surface area contributed by atoms with Crippen molar-refractivity contribution in [2.75, 3.05) is 7.11 Å². The molecule has 0 radical (unpaired) electrons. The topological polar surface area (TPSA) is 66.0 Å². The van der Waals surface area contributed by atoms with E-state index in [0.29, 0.717) is 0 Å². The van der Waals surface area contributed by atoms with Gasteiger partial charge >= 0.3 is 0 Å². The summed E-state index contributed by atoms with van der Waals surface area (Å²) >= 11 is 0. The monoisotopic (exact) mass is 260 g/mol. The molecule has 2 N–H and O–H groups in total. The van der Waals surface area contributed by atoms with Crippen LogP contribution in [0.4, 0.5) is 0 Å². The fourth-order valence-electron chi connectivity index (χ4n) is 1.95. The van der Waals surface area contributed by atoms with Gasteiger partial charge in [0.15, 0.2) is 0 Å². The number of ether oxygens (including phenoxy) is 1. The highest BCUT2D eigenvalue weighted by atomic mass is 16.5. The minimum atomic E-state index is -0.0900. The van der Waals surface area contributed by atoms with Crippen molar-refractivity contribution in [3.8, 4) is 5.69 Å². The van der Waals surface area contributed by atoms with Gasteiger partial charge in [0, 0.05) is 13.2 Å². The van der Waals surface area contributed by atoms with Crippen LogP contribution in [0.2, 0.25) is 0 Å². The molecule has 1 heterocycles. The van der Waals surface area contributed by atoms with E-state index in [-0.39, 0.29) is 12.1 Å². The molecule has 0 fully saturated rings. The first kappa shape index (κ1) is 13.7. The maximum absolute atomic E-state index is 6.22. The molecule has 102 valence electrons. The third-order valence-electron chi connectivity index (χ3n) is 3.24. The Hall–Kier alpha value is -1.72. The number of hydrogen-bond acceptors (Lipinski definition) is 4. The Kier molecular flexibility index (Phi) is 4.65. The van der Waals surface area contributed by atoms with Gasteiger partial charge in [0.2, 0.25) is 0 Å². The quantitative estimate of drug-likeness (QED) is 0.863. The third kappa shape index (κ3) is 3.39. The molecule has 0 amide bonds. The first-order valence-electron chi connectivity index (χ1n) is 6.46. The predicted octanol–water partition coefficient (Wildman–Crippen LogP) is 2.08. The van der Waals surface area contributed by atoms with Crippen molar-refractivity contribution >= 4 is 0 Å². The Labute approximate surface area is 113 Å². The minimum absolute atomic E-state index is 0.0900. The SMILES string of the molecule is COC(C)CCC(N)c1cnnn1-c1ccccc1. The lowest BCUT2D eigenvalue weighted by molar-refractivity contribution is 0.107. The number of methoxy groups -OCH3 is 1. The Balaban J connectivity index is 2.11. The standard InChI is InChI=1S/C14H20N4O/c1-11(19-2)8-9-13(15)14-10-16-17-18(14)12-6-4-3-5-7-12/h3-7,10-11,13H,8-9,15H2,1-2H3. The molecule has 5 heteroatoms. The summed E-state index contributed by atoms with van der Waals surface area (Å²) in [5.74, 6) is 0. The van der Waals surface area contributed by atoms with Crippen LogP contribution in [0.3, 0.4) is 0 Å². The van der Waals surface area contributed by atoms with Crippen LogP contribution in [0.25, 0.3) is 5.69 Å². The van der Waals surface area contributed by atoms with Gasteiger partial charge in [-0.3, -0.25) is 0 Å². The Morgan fingerprint density at radius 3 is 2.68 bits per heavy atom. The molecule has 19 heavy (non-hydrogen) atoms. The van der Waals surface area contributed by atoms with Crippen LogP contribution >= 0.6 is 0 Å². The second kappa shape index (κ2) is 6.45. The van der Waals surface area contributed by atoms with Crippen molar-refractivity contribution in [2.24, 2.45) is 5.73 Å². The number of rotatable bonds is 6. The van der Waals surface area contributed by atoms with Crippen molar-refractivity contribution in [2.45, 2.75) is 31.9 Å². The van der Waals surface area contributed by atoms with E-state index in [1.54, 1.807) is 18.0 Å². The highest BCUT2D eigenvalue weighted by molar-refractivity contribution is 5.32. The van der Waals surface area contributed by atoms with Crippen LogP contribution in [0, 0.1) is 0 Å². The molecular formula is C14H20N4O. The maximum atomic E-state index is 6.22. The number of hydrogen-bond donors (Lipinski definition) is 1. The summed E-state index contributed by atoms with van der Waals surface area (Å²) < 4.78 is 7.03. The van der Waals surface area contributed by atoms with Gasteiger partial charge in [-0.1, -0.05) is 23.4 Å². The number of nitrogens with two attached hydrogens (primary N) is 1. The second-order valence-corrected chi connectivity index (χ2v) is 4.64. The number of aromatic nitrogens is 3. The highest BCUT2D eigenvalue weighted by Gasteiger charge is 2.15. The van der Waals surface area contributed by atoms with Crippen molar-refractivity contribution < 1.29 is 4.74 Å². The number of para-hydroxylation sites is 1. The second-order valence-electron chi connectivity index (χ2n) is 4.64. The van der Waals surface area contributed by atoms with Crippen molar-refractivity contribution in [3.05, 3.63) is 42.2 Å². The molecule has 0 aliphatic heterocycles. The van der Waals surface area contributed by atoms with Crippen LogP contribution in [-0.2, 0) is 4.74 Å². The molecular weight excluding hydrogens is 240 g/mol. The molecule has 1 aromatic heterocycles. The minimum Gasteiger partial charge on any atom is -0.382 e. The first-order chi connectivity index (χ1) is 9.22. The Morgan fingerprint density at radius 1 is 1.26 bits per heavy atom. The lowest BCUT2D eigenvalue weighted by Gasteiger charge is -2.15. The normalized spacial score (nSPS) is 14.3. The smallest absolute Gasteiger partial charge is 0.0813 e. The summed E-state index contributed by atoms with van der Waals surface area (Å²) in [5.41, 5.74) is 8.13. The van der Waals surface area contributed by atoms with Gasteiger partial charge in [-0.05, 0) is 31.9 Å². The average molecular weight is 260 g/mol. The zero-order valence-corrected chi connectivity index (χ0v) is 11.4. The van der Waals surface area contributed by atoms with Crippen LogP contribution in [-0.4, -0.2) is 28.2 Å². The lowest BCUT2D eigenvalue weighted by Crippen LogP contribution is -2.17. The molecule has 1 aromatic carbocycles. The summed E-state index contributed by atoms with van der Waals surface area (Å²) in [7, 11) is 1.71. The van der Waals surface area contributed by atoms with Gasteiger partial charge in [0.1, 0.15) is 0 Å². The summed E-state index contributed by atoms with van der Waals surface area (Å²) in [5, 5.41) is 8.08. The van der Waals surface area contributed by atoms with Gasteiger partial charge in [-0.2, -0.15) is 0 Å². The zero-order chi connectivity index (χ0) is 13.7. The average Bonchev–Trinajstić information content (AvgIpc) is 2.94. The molecule has 0 saturated carbocycles. The van der Waals surface area contributed by atoms with Gasteiger partial charge in [0.25, 0.3) is 0 Å². The van der Waals surface area contributed by atoms with Gasteiger partial charge in [-0.15, -0.1) is 5.10 Å². The third-order valence-corrected chi connectivity index (χ3v) is 3.24. The van der Waals surface area contributed by atoms with E-state index < -0.39 is 0 Å². The lowest BCUT2D eigenvalue weighted by atomic mass is 10.1. The number of benzene rings is 1. The molecule has 2 rings (SSSR count). The van der Waals surface area contributed by atoms with E-state index in [0.717, 1.165) is 24.2 Å². The van der Waals surface area contributed by atoms with E-state index >= 15 is 0 Å². The largest absolute Gasteiger partial charge is 0.382 e. The van der Waals surface area contributed by atoms with Gasteiger partial charge < -0.3 is 10.5 Å². The molecule has 2 aromatic rings. The Bertz CT molecular complexity index is 497. The van der Waals surface area contributed by atoms with E-state index in [2.05, 4.69) is 10.3 Å². The van der Waals surface area contributed by atoms with Crippen LogP contribution < -0.4 is 5.73 Å². The summed E-state index contributed by atoms with van der Waals surface area (Å²) in [4.78, 5) is 0. The van der Waals surface area contributed by atoms with E-state index in [1.165, 1.54) is 0 Å². The van der Waals surface area contributed by atoms with Crippen LogP contribution in [0.15, 0.2) is 36.5 Å². The predicted molar refractivity (Wildman–Crippen MR) is 74.0 cm³/mol. The fourth-order valence-corrected chi connectivity index (χ4v) is 1.95. The molecule has 0 saturated heterocycles. The van der Waals surface area contributed by atoms with Crippen molar-refractivity contribution in [3.63, 3.8) is 0 Å². The van der Waals surface area contributed by atoms with E-state index in [1.807, 2.05) is 37.3 Å². The zero-order valence-electron chi connectivity index (χ0n) is 11.4. The molecule has 2 atom stereocenters. The summed E-state index contributed by atoms with van der Waals surface area (Å²) in [6.45, 7) is 2.04. The van der Waals surface area contributed by atoms with Gasteiger partial charge in [-0.25, -0.2) is 4.68 Å². The van der Waals surface area contributed by atoms with E-state index in [4.69, 9.17) is 10.5 Å². The number of nitrogens with zero attached hydrogens (tertiary/aromatic N) is 3. The Morgan fingerprint density at radius 2 is 2.00 bits per heavy atom. The maximum Gasteiger partial charge on any atom is 0.0813 e. The highest BCUT2D eigenvalue weighted by Crippen LogP contribution is 2.19. The molecule has 0 aliphatic carbocycles. The first-order valence-corrected chi connectivity index (χ1v) is 6.46. The molecule has 2 unspecified atom stereocenters. The van der Waals surface area contributed by atoms with Crippen LogP contribution in [0.5, 0.6) is 0 Å².